The van der Waals surface area contributed by atoms with Crippen molar-refractivity contribution in [1.29, 1.82) is 0 Å². The molecule has 0 saturated heterocycles. The number of aliphatic hydroxyl groups is 2. The molecular weight excluding hydrogens is 264 g/mol. The fourth-order valence-electron chi connectivity index (χ4n) is 6.55. The second-order valence-electron chi connectivity index (χ2n) is 8.44. The molecule has 4 aliphatic rings. The van der Waals surface area contributed by atoms with Crippen molar-refractivity contribution in [1.82, 2.24) is 0 Å². The normalized spacial score (nSPS) is 55.2. The van der Waals surface area contributed by atoms with Crippen LogP contribution in [0.3, 0.4) is 0 Å². The topological polar surface area (TPSA) is 57.5 Å². The van der Waals surface area contributed by atoms with E-state index in [4.69, 9.17) is 0 Å². The van der Waals surface area contributed by atoms with E-state index in [-0.39, 0.29) is 29.1 Å². The number of carbonyl (C=O) groups excluding carboxylic acids is 1. The minimum absolute atomic E-state index is 0.0966. The van der Waals surface area contributed by atoms with E-state index in [0.29, 0.717) is 18.3 Å². The van der Waals surface area contributed by atoms with E-state index in [2.05, 4.69) is 13.0 Å². The summed E-state index contributed by atoms with van der Waals surface area (Å²) in [6, 6.07) is 0. The number of hydrogen-bond acceptors (Lipinski definition) is 3. The summed E-state index contributed by atoms with van der Waals surface area (Å²) in [6.45, 7) is 2.24. The lowest BCUT2D eigenvalue weighted by molar-refractivity contribution is -0.122. The standard InChI is InChI=1S/C18H26O3/c1-16-6-5-14(20)8-12(16)4-7-17-9-13(2-3-15(16)17)18(21,10-17)11-19/h5-6,12-13,15,19,21H,2-4,7-11H2,1H3/t12-,13-,15+,16-,17+,18+/m1/s1. The van der Waals surface area contributed by atoms with Crippen molar-refractivity contribution in [3.63, 3.8) is 0 Å². The number of carbonyl (C=O) groups is 1. The molecule has 21 heavy (non-hydrogen) atoms. The van der Waals surface area contributed by atoms with Crippen LogP contribution in [0.5, 0.6) is 0 Å². The van der Waals surface area contributed by atoms with Gasteiger partial charge in [-0.05, 0) is 73.2 Å². The summed E-state index contributed by atoms with van der Waals surface area (Å²) >= 11 is 0. The fraction of sp³-hybridized carbons (Fsp3) is 0.833. The summed E-state index contributed by atoms with van der Waals surface area (Å²) in [5.41, 5.74) is -0.555. The Hall–Kier alpha value is -0.670. The van der Waals surface area contributed by atoms with E-state index >= 15 is 0 Å². The highest BCUT2D eigenvalue weighted by Crippen LogP contribution is 2.69. The number of allylic oxidation sites excluding steroid dienone is 2. The van der Waals surface area contributed by atoms with Gasteiger partial charge in [0.15, 0.2) is 5.78 Å². The van der Waals surface area contributed by atoms with E-state index < -0.39 is 5.60 Å². The van der Waals surface area contributed by atoms with E-state index in [1.807, 2.05) is 0 Å². The molecule has 0 aromatic heterocycles. The summed E-state index contributed by atoms with van der Waals surface area (Å²) in [5, 5.41) is 20.5. The molecule has 0 unspecified atom stereocenters. The fourth-order valence-corrected chi connectivity index (χ4v) is 6.55. The summed E-state index contributed by atoms with van der Waals surface area (Å²) in [5.74, 6) is 1.59. The van der Waals surface area contributed by atoms with Crippen LogP contribution >= 0.6 is 0 Å². The van der Waals surface area contributed by atoms with Crippen LogP contribution < -0.4 is 0 Å². The Morgan fingerprint density at radius 3 is 2.86 bits per heavy atom. The minimum atomic E-state index is -0.855. The zero-order chi connectivity index (χ0) is 14.9. The first kappa shape index (κ1) is 14.0. The largest absolute Gasteiger partial charge is 0.393 e. The Labute approximate surface area is 126 Å². The summed E-state index contributed by atoms with van der Waals surface area (Å²) in [6.07, 6.45) is 10.9. The monoisotopic (exact) mass is 290 g/mol. The van der Waals surface area contributed by atoms with Crippen LogP contribution in [0.25, 0.3) is 0 Å². The molecule has 4 aliphatic carbocycles. The summed E-state index contributed by atoms with van der Waals surface area (Å²) in [4.78, 5) is 11.8. The average molecular weight is 290 g/mol. The Morgan fingerprint density at radius 2 is 2.10 bits per heavy atom. The molecule has 2 N–H and O–H groups in total. The number of ketones is 1. The molecule has 3 nitrogen and oxygen atoms in total. The molecule has 0 radical (unpaired) electrons. The molecule has 0 aromatic rings. The molecule has 6 atom stereocenters. The predicted octanol–water partition coefficient (Wildman–Crippen LogP) is 2.46. The van der Waals surface area contributed by atoms with Crippen molar-refractivity contribution in [3.8, 4) is 0 Å². The molecule has 3 saturated carbocycles. The highest BCUT2D eigenvalue weighted by Gasteiger charge is 2.65. The van der Waals surface area contributed by atoms with Gasteiger partial charge in [-0.25, -0.2) is 0 Å². The first-order chi connectivity index (χ1) is 9.92. The van der Waals surface area contributed by atoms with Crippen LogP contribution in [0, 0.1) is 28.6 Å². The van der Waals surface area contributed by atoms with Crippen LogP contribution in [0.2, 0.25) is 0 Å². The Balaban J connectivity index is 1.74. The number of hydrogen-bond donors (Lipinski definition) is 2. The van der Waals surface area contributed by atoms with Gasteiger partial charge in [-0.2, -0.15) is 0 Å². The summed E-state index contributed by atoms with van der Waals surface area (Å²) < 4.78 is 0. The zero-order valence-corrected chi connectivity index (χ0v) is 12.8. The molecule has 0 aromatic carbocycles. The van der Waals surface area contributed by atoms with Crippen molar-refractivity contribution in [3.05, 3.63) is 12.2 Å². The van der Waals surface area contributed by atoms with Crippen molar-refractivity contribution in [2.45, 2.75) is 57.5 Å². The molecule has 0 amide bonds. The second-order valence-corrected chi connectivity index (χ2v) is 8.44. The van der Waals surface area contributed by atoms with Gasteiger partial charge >= 0.3 is 0 Å². The molecule has 2 bridgehead atoms. The molecule has 3 fully saturated rings. The Morgan fingerprint density at radius 1 is 1.29 bits per heavy atom. The lowest BCUT2D eigenvalue weighted by Gasteiger charge is -2.58. The van der Waals surface area contributed by atoms with Crippen molar-refractivity contribution < 1.29 is 15.0 Å². The highest BCUT2D eigenvalue weighted by atomic mass is 16.3. The van der Waals surface area contributed by atoms with Gasteiger partial charge in [-0.15, -0.1) is 0 Å². The minimum Gasteiger partial charge on any atom is -0.393 e. The maximum atomic E-state index is 11.8. The highest BCUT2D eigenvalue weighted by molar-refractivity contribution is 5.91. The molecule has 4 rings (SSSR count). The van der Waals surface area contributed by atoms with Gasteiger partial charge in [0.2, 0.25) is 0 Å². The molecule has 0 aliphatic heterocycles. The second kappa shape index (κ2) is 4.20. The first-order valence-electron chi connectivity index (χ1n) is 8.47. The van der Waals surface area contributed by atoms with E-state index in [9.17, 15) is 15.0 Å². The van der Waals surface area contributed by atoms with Gasteiger partial charge < -0.3 is 10.2 Å². The third-order valence-electron chi connectivity index (χ3n) is 7.58. The number of aliphatic hydroxyl groups excluding tert-OH is 1. The lowest BCUT2D eigenvalue weighted by atomic mass is 9.46. The smallest absolute Gasteiger partial charge is 0.155 e. The van der Waals surface area contributed by atoms with E-state index in [0.717, 1.165) is 38.5 Å². The van der Waals surface area contributed by atoms with Gasteiger partial charge in [-0.1, -0.05) is 13.0 Å². The zero-order valence-electron chi connectivity index (χ0n) is 12.8. The average Bonchev–Trinajstić information content (AvgIpc) is 2.68. The molecule has 116 valence electrons. The van der Waals surface area contributed by atoms with Crippen LogP contribution in [0.1, 0.15) is 51.9 Å². The predicted molar refractivity (Wildman–Crippen MR) is 79.5 cm³/mol. The lowest BCUT2D eigenvalue weighted by Crippen LogP contribution is -2.51. The van der Waals surface area contributed by atoms with Crippen molar-refractivity contribution in [2.24, 2.45) is 28.6 Å². The third-order valence-corrected chi connectivity index (χ3v) is 7.58. The van der Waals surface area contributed by atoms with Gasteiger partial charge in [0.1, 0.15) is 0 Å². The Bertz CT molecular complexity index is 513. The first-order valence-corrected chi connectivity index (χ1v) is 8.47. The number of fused-ring (bicyclic) bond motifs is 3. The third kappa shape index (κ3) is 1.71. The quantitative estimate of drug-likeness (QED) is 0.780. The van der Waals surface area contributed by atoms with Crippen molar-refractivity contribution in [2.75, 3.05) is 6.61 Å². The molecule has 3 heteroatoms. The van der Waals surface area contributed by atoms with Crippen LogP contribution in [0.4, 0.5) is 0 Å². The summed E-state index contributed by atoms with van der Waals surface area (Å²) in [7, 11) is 0. The number of rotatable bonds is 1. The molecule has 1 spiro atoms. The van der Waals surface area contributed by atoms with Crippen LogP contribution in [-0.2, 0) is 4.79 Å². The SMILES string of the molecule is C[C@@]12C=CC(=O)C[C@H]1CC[C@@]13C[C@@H](CC[C@H]12)[C@@](O)(CO)C3. The van der Waals surface area contributed by atoms with Crippen molar-refractivity contribution >= 4 is 5.78 Å². The van der Waals surface area contributed by atoms with Crippen LogP contribution in [-0.4, -0.2) is 28.2 Å². The van der Waals surface area contributed by atoms with E-state index in [1.165, 1.54) is 0 Å². The van der Waals surface area contributed by atoms with Gasteiger partial charge in [0, 0.05) is 6.42 Å². The van der Waals surface area contributed by atoms with E-state index in [1.54, 1.807) is 6.08 Å². The van der Waals surface area contributed by atoms with Crippen LogP contribution in [0.15, 0.2) is 12.2 Å². The maximum absolute atomic E-state index is 11.8. The van der Waals surface area contributed by atoms with Gasteiger partial charge in [0.25, 0.3) is 0 Å². The Kier molecular flexibility index (Phi) is 2.79. The molecular formula is C18H26O3. The van der Waals surface area contributed by atoms with Gasteiger partial charge in [0.05, 0.1) is 12.2 Å². The van der Waals surface area contributed by atoms with Gasteiger partial charge in [-0.3, -0.25) is 4.79 Å². The molecule has 0 heterocycles. The maximum Gasteiger partial charge on any atom is 0.155 e.